The van der Waals surface area contributed by atoms with Crippen LogP contribution in [-0.4, -0.2) is 60.4 Å². The summed E-state index contributed by atoms with van der Waals surface area (Å²) in [5, 5.41) is 11.2. The molecule has 0 aliphatic carbocycles. The highest BCUT2D eigenvalue weighted by molar-refractivity contribution is 9.10. The molecule has 6 nitrogen and oxygen atoms in total. The number of nitrogens with zero attached hydrogens (tertiary/aromatic N) is 2. The Balaban J connectivity index is 2.08. The van der Waals surface area contributed by atoms with Crippen LogP contribution in [0.5, 0.6) is 5.75 Å². The number of carbonyl (C=O) groups is 2. The van der Waals surface area contributed by atoms with Crippen LogP contribution in [-0.2, 0) is 9.59 Å². The van der Waals surface area contributed by atoms with Gasteiger partial charge in [-0.3, -0.25) is 9.59 Å². The predicted molar refractivity (Wildman–Crippen MR) is 129 cm³/mol. The third-order valence-corrected chi connectivity index (χ3v) is 6.01. The predicted octanol–water partition coefficient (Wildman–Crippen LogP) is 4.53. The number of carbonyl (C=O) groups excluding carboxylic acids is 2. The maximum absolute atomic E-state index is 13.1. The Kier molecular flexibility index (Phi) is 7.74. The third kappa shape index (κ3) is 5.05. The largest absolute Gasteiger partial charge is 0.507 e. The van der Waals surface area contributed by atoms with Crippen molar-refractivity contribution in [1.82, 2.24) is 9.80 Å². The van der Waals surface area contributed by atoms with Crippen molar-refractivity contribution in [3.05, 3.63) is 69.2 Å². The van der Waals surface area contributed by atoms with E-state index in [1.165, 1.54) is 0 Å². The first-order chi connectivity index (χ1) is 15.2. The van der Waals surface area contributed by atoms with Gasteiger partial charge in [0.2, 0.25) is 0 Å². The van der Waals surface area contributed by atoms with Crippen LogP contribution >= 0.6 is 15.9 Å². The smallest absolute Gasteiger partial charge is 0.295 e. The van der Waals surface area contributed by atoms with Crippen LogP contribution in [0.3, 0.4) is 0 Å². The minimum Gasteiger partial charge on any atom is -0.507 e. The van der Waals surface area contributed by atoms with E-state index in [0.29, 0.717) is 18.7 Å². The molecule has 1 amide bonds. The second-order valence-electron chi connectivity index (χ2n) is 8.11. The molecule has 0 aromatic heterocycles. The summed E-state index contributed by atoms with van der Waals surface area (Å²) in [7, 11) is 3.93. The molecule has 1 atom stereocenters. The van der Waals surface area contributed by atoms with Crippen LogP contribution < -0.4 is 4.74 Å². The van der Waals surface area contributed by atoms with Crippen molar-refractivity contribution in [2.24, 2.45) is 0 Å². The fraction of sp³-hybridized carbons (Fsp3) is 0.360. The Labute approximate surface area is 197 Å². The van der Waals surface area contributed by atoms with Gasteiger partial charge in [0.25, 0.3) is 11.7 Å². The SMILES string of the molecule is CCOc1ccc(C(O)=C2C(=O)C(=O)N(CCCN(C)C)[C@H]2c2ccc(Br)cc2)cc1C. The molecule has 32 heavy (non-hydrogen) atoms. The van der Waals surface area contributed by atoms with Crippen LogP contribution in [0.15, 0.2) is 52.5 Å². The van der Waals surface area contributed by atoms with Crippen molar-refractivity contribution in [2.45, 2.75) is 26.3 Å². The van der Waals surface area contributed by atoms with Crippen molar-refractivity contribution in [1.29, 1.82) is 0 Å². The zero-order valence-corrected chi connectivity index (χ0v) is 20.5. The van der Waals surface area contributed by atoms with Crippen LogP contribution in [0, 0.1) is 6.92 Å². The Hall–Kier alpha value is -2.64. The second kappa shape index (κ2) is 10.3. The molecule has 1 aliphatic rings. The number of Topliss-reactive ketones (excluding diaryl/α,β-unsaturated/α-hetero) is 1. The van der Waals surface area contributed by atoms with E-state index in [0.717, 1.165) is 34.3 Å². The monoisotopic (exact) mass is 500 g/mol. The van der Waals surface area contributed by atoms with E-state index in [1.807, 2.05) is 57.1 Å². The molecule has 3 rings (SSSR count). The molecule has 0 unspecified atom stereocenters. The van der Waals surface area contributed by atoms with Crippen molar-refractivity contribution in [3.8, 4) is 5.75 Å². The van der Waals surface area contributed by atoms with Gasteiger partial charge in [-0.25, -0.2) is 0 Å². The number of ketones is 1. The highest BCUT2D eigenvalue weighted by Gasteiger charge is 2.45. The summed E-state index contributed by atoms with van der Waals surface area (Å²) in [4.78, 5) is 29.7. The lowest BCUT2D eigenvalue weighted by Crippen LogP contribution is -2.32. The number of aryl methyl sites for hydroxylation is 1. The van der Waals surface area contributed by atoms with Gasteiger partial charge in [0.05, 0.1) is 18.2 Å². The van der Waals surface area contributed by atoms with Crippen molar-refractivity contribution in [3.63, 3.8) is 0 Å². The number of hydrogen-bond donors (Lipinski definition) is 1. The lowest BCUT2D eigenvalue weighted by atomic mass is 9.95. The molecule has 0 bridgehead atoms. The topological polar surface area (TPSA) is 70.1 Å². The molecule has 2 aromatic rings. The van der Waals surface area contributed by atoms with E-state index in [1.54, 1.807) is 23.1 Å². The summed E-state index contributed by atoms with van der Waals surface area (Å²) in [5.41, 5.74) is 2.22. The molecule has 7 heteroatoms. The summed E-state index contributed by atoms with van der Waals surface area (Å²) in [5.74, 6) is -0.692. The number of rotatable bonds is 8. The number of ether oxygens (including phenoxy) is 1. The number of aliphatic hydroxyl groups excluding tert-OH is 1. The van der Waals surface area contributed by atoms with Crippen LogP contribution in [0.1, 0.15) is 36.1 Å². The van der Waals surface area contributed by atoms with Crippen molar-refractivity contribution < 1.29 is 19.4 Å². The van der Waals surface area contributed by atoms with E-state index in [2.05, 4.69) is 15.9 Å². The van der Waals surface area contributed by atoms with Gasteiger partial charge in [0.1, 0.15) is 11.5 Å². The third-order valence-electron chi connectivity index (χ3n) is 5.48. The van der Waals surface area contributed by atoms with E-state index >= 15 is 0 Å². The van der Waals surface area contributed by atoms with Crippen LogP contribution in [0.4, 0.5) is 0 Å². The standard InChI is InChI=1S/C25H29BrN2O4/c1-5-32-20-12-9-18(15-16(20)2)23(29)21-22(17-7-10-19(26)11-8-17)28(25(31)24(21)30)14-6-13-27(3)4/h7-12,15,22,29H,5-6,13-14H2,1-4H3/t22-/m0/s1. The average Bonchev–Trinajstić information content (AvgIpc) is 3.00. The minimum atomic E-state index is -0.660. The molecular formula is C25H29BrN2O4. The Morgan fingerprint density at radius 3 is 2.44 bits per heavy atom. The second-order valence-corrected chi connectivity index (χ2v) is 9.03. The van der Waals surface area contributed by atoms with Gasteiger partial charge < -0.3 is 19.6 Å². The molecule has 1 saturated heterocycles. The molecule has 1 aliphatic heterocycles. The number of halogens is 1. The quantitative estimate of drug-likeness (QED) is 0.327. The van der Waals surface area contributed by atoms with Gasteiger partial charge >= 0.3 is 0 Å². The van der Waals surface area contributed by atoms with Crippen molar-refractivity contribution in [2.75, 3.05) is 33.8 Å². The van der Waals surface area contributed by atoms with Gasteiger partial charge in [-0.05, 0) is 82.4 Å². The van der Waals surface area contributed by atoms with E-state index < -0.39 is 17.7 Å². The number of amides is 1. The molecule has 1 heterocycles. The molecule has 170 valence electrons. The molecule has 1 fully saturated rings. The number of hydrogen-bond acceptors (Lipinski definition) is 5. The number of benzene rings is 2. The Morgan fingerprint density at radius 1 is 1.16 bits per heavy atom. The number of aliphatic hydroxyl groups is 1. The van der Waals surface area contributed by atoms with Gasteiger partial charge in [0.15, 0.2) is 0 Å². The fourth-order valence-electron chi connectivity index (χ4n) is 3.93. The zero-order chi connectivity index (χ0) is 23.4. The zero-order valence-electron chi connectivity index (χ0n) is 18.9. The van der Waals surface area contributed by atoms with Crippen LogP contribution in [0.2, 0.25) is 0 Å². The molecule has 1 N–H and O–H groups in total. The van der Waals surface area contributed by atoms with Crippen molar-refractivity contribution >= 4 is 33.4 Å². The lowest BCUT2D eigenvalue weighted by molar-refractivity contribution is -0.139. The summed E-state index contributed by atoms with van der Waals surface area (Å²) < 4.78 is 6.48. The first kappa shape index (κ1) is 24.0. The summed E-state index contributed by atoms with van der Waals surface area (Å²) in [6.07, 6.45) is 0.718. The first-order valence-corrected chi connectivity index (χ1v) is 11.5. The Morgan fingerprint density at radius 2 is 1.84 bits per heavy atom. The normalized spacial score (nSPS) is 17.9. The average molecular weight is 501 g/mol. The Bertz CT molecular complexity index is 1030. The van der Waals surface area contributed by atoms with E-state index in [9.17, 15) is 14.7 Å². The van der Waals surface area contributed by atoms with Gasteiger partial charge in [-0.1, -0.05) is 28.1 Å². The summed E-state index contributed by atoms with van der Waals surface area (Å²) >= 11 is 3.43. The van der Waals surface area contributed by atoms with Gasteiger partial charge in [0, 0.05) is 16.6 Å². The lowest BCUT2D eigenvalue weighted by Gasteiger charge is -2.26. The van der Waals surface area contributed by atoms with Crippen LogP contribution in [0.25, 0.3) is 5.76 Å². The summed E-state index contributed by atoms with van der Waals surface area (Å²) in [6, 6.07) is 12.1. The molecule has 2 aromatic carbocycles. The fourth-order valence-corrected chi connectivity index (χ4v) is 4.19. The highest BCUT2D eigenvalue weighted by Crippen LogP contribution is 2.40. The van der Waals surface area contributed by atoms with Gasteiger partial charge in [-0.2, -0.15) is 0 Å². The van der Waals surface area contributed by atoms with E-state index in [-0.39, 0.29) is 11.3 Å². The maximum atomic E-state index is 13.1. The molecule has 0 saturated carbocycles. The highest BCUT2D eigenvalue weighted by atomic mass is 79.9. The molecular weight excluding hydrogens is 472 g/mol. The van der Waals surface area contributed by atoms with E-state index in [4.69, 9.17) is 4.74 Å². The molecule has 0 spiro atoms. The van der Waals surface area contributed by atoms with Gasteiger partial charge in [-0.15, -0.1) is 0 Å². The first-order valence-electron chi connectivity index (χ1n) is 10.7. The maximum Gasteiger partial charge on any atom is 0.295 e. The number of likely N-dealkylation sites (tertiary alicyclic amines) is 1. The minimum absolute atomic E-state index is 0.116. The molecule has 0 radical (unpaired) electrons. The summed E-state index contributed by atoms with van der Waals surface area (Å²) in [6.45, 7) is 5.53.